The van der Waals surface area contributed by atoms with Crippen molar-refractivity contribution in [3.63, 3.8) is 0 Å². The molecular weight excluding hydrogens is 240 g/mol. The third kappa shape index (κ3) is 2.10. The van der Waals surface area contributed by atoms with Gasteiger partial charge >= 0.3 is 0 Å². The lowest BCUT2D eigenvalue weighted by molar-refractivity contribution is 0.340. The Hall–Kier alpha value is -2.56. The largest absolute Gasteiger partial charge is 0.494 e. The summed E-state index contributed by atoms with van der Waals surface area (Å²) in [6, 6.07) is 13.3. The Morgan fingerprint density at radius 3 is 2.89 bits per heavy atom. The number of nitrogen functional groups attached to an aromatic ring is 1. The minimum atomic E-state index is 0.598. The Morgan fingerprint density at radius 2 is 2.05 bits per heavy atom. The average Bonchev–Trinajstić information content (AvgIpc) is 2.82. The number of benzene rings is 2. The predicted octanol–water partition coefficient (Wildman–Crippen LogP) is 2.40. The van der Waals surface area contributed by atoms with E-state index in [9.17, 15) is 0 Å². The average molecular weight is 254 g/mol. The van der Waals surface area contributed by atoms with E-state index in [0.717, 1.165) is 22.5 Å². The fraction of sp³-hybridized carbons (Fsp3) is 0.143. The molecule has 1 aromatic heterocycles. The monoisotopic (exact) mass is 254 g/mol. The van der Waals surface area contributed by atoms with Crippen molar-refractivity contribution in [2.75, 3.05) is 12.3 Å². The van der Waals surface area contributed by atoms with Crippen LogP contribution in [0.3, 0.4) is 0 Å². The number of aromatic nitrogens is 3. The van der Waals surface area contributed by atoms with Gasteiger partial charge in [-0.2, -0.15) is 0 Å². The Balaban J connectivity index is 2.15. The molecule has 3 aromatic rings. The summed E-state index contributed by atoms with van der Waals surface area (Å²) in [5.41, 5.74) is 9.17. The van der Waals surface area contributed by atoms with Gasteiger partial charge in [-0.25, -0.2) is 4.68 Å². The molecule has 3 rings (SSSR count). The molecule has 19 heavy (non-hydrogen) atoms. The molecule has 0 saturated carbocycles. The second-order valence-electron chi connectivity index (χ2n) is 4.18. The summed E-state index contributed by atoms with van der Waals surface area (Å²) in [4.78, 5) is 0. The second kappa shape index (κ2) is 4.61. The highest BCUT2D eigenvalue weighted by atomic mass is 16.5. The van der Waals surface area contributed by atoms with Gasteiger partial charge in [-0.1, -0.05) is 17.3 Å². The maximum atomic E-state index is 5.90. The van der Waals surface area contributed by atoms with Crippen LogP contribution in [0.5, 0.6) is 5.75 Å². The van der Waals surface area contributed by atoms with Crippen molar-refractivity contribution < 1.29 is 4.74 Å². The van der Waals surface area contributed by atoms with Gasteiger partial charge in [0.25, 0.3) is 0 Å². The van der Waals surface area contributed by atoms with Crippen LogP contribution in [0, 0.1) is 0 Å². The summed E-state index contributed by atoms with van der Waals surface area (Å²) < 4.78 is 7.25. The van der Waals surface area contributed by atoms with Crippen molar-refractivity contribution in [2.45, 2.75) is 6.92 Å². The van der Waals surface area contributed by atoms with Gasteiger partial charge in [0.15, 0.2) is 0 Å². The van der Waals surface area contributed by atoms with E-state index in [-0.39, 0.29) is 0 Å². The lowest BCUT2D eigenvalue weighted by Gasteiger charge is -2.08. The van der Waals surface area contributed by atoms with E-state index < -0.39 is 0 Å². The summed E-state index contributed by atoms with van der Waals surface area (Å²) in [5, 5.41) is 8.30. The summed E-state index contributed by atoms with van der Waals surface area (Å²) in [5.74, 6) is 0.733. The number of ether oxygens (including phenoxy) is 1. The van der Waals surface area contributed by atoms with E-state index >= 15 is 0 Å². The van der Waals surface area contributed by atoms with Crippen LogP contribution in [0.1, 0.15) is 6.92 Å². The maximum absolute atomic E-state index is 5.90. The Labute approximate surface area is 110 Å². The first-order valence-corrected chi connectivity index (χ1v) is 6.12. The summed E-state index contributed by atoms with van der Waals surface area (Å²) in [6.07, 6.45) is 0. The molecule has 2 aromatic carbocycles. The first kappa shape index (κ1) is 11.5. The zero-order chi connectivity index (χ0) is 13.2. The van der Waals surface area contributed by atoms with E-state index in [1.165, 1.54) is 0 Å². The Kier molecular flexibility index (Phi) is 2.79. The molecule has 0 spiro atoms. The van der Waals surface area contributed by atoms with Gasteiger partial charge in [0, 0.05) is 17.8 Å². The number of hydrogen-bond acceptors (Lipinski definition) is 4. The van der Waals surface area contributed by atoms with E-state index in [1.54, 1.807) is 10.7 Å². The van der Waals surface area contributed by atoms with Crippen molar-refractivity contribution >= 4 is 16.7 Å². The molecule has 0 amide bonds. The van der Waals surface area contributed by atoms with Crippen molar-refractivity contribution in [1.29, 1.82) is 0 Å². The molecule has 96 valence electrons. The molecule has 0 radical (unpaired) electrons. The normalized spacial score (nSPS) is 10.8. The number of nitrogens with zero attached hydrogens (tertiary/aromatic N) is 3. The third-order valence-corrected chi connectivity index (χ3v) is 2.82. The van der Waals surface area contributed by atoms with Crippen molar-refractivity contribution in [3.8, 4) is 11.4 Å². The predicted molar refractivity (Wildman–Crippen MR) is 74.4 cm³/mol. The number of rotatable bonds is 3. The van der Waals surface area contributed by atoms with Gasteiger partial charge < -0.3 is 10.5 Å². The molecule has 1 heterocycles. The standard InChI is InChI=1S/C14H14N4O/c1-2-19-12-8-10(15)7-11(9-12)18-14-6-4-3-5-13(14)16-17-18/h3-9H,2,15H2,1H3. The molecular formula is C14H14N4O. The van der Waals surface area contributed by atoms with Gasteiger partial charge in [-0.3, -0.25) is 0 Å². The van der Waals surface area contributed by atoms with Crippen LogP contribution in [0.2, 0.25) is 0 Å². The molecule has 0 bridgehead atoms. The van der Waals surface area contributed by atoms with Gasteiger partial charge in [-0.15, -0.1) is 5.10 Å². The second-order valence-corrected chi connectivity index (χ2v) is 4.18. The van der Waals surface area contributed by atoms with E-state index in [0.29, 0.717) is 12.3 Å². The number of para-hydroxylation sites is 1. The zero-order valence-electron chi connectivity index (χ0n) is 10.6. The van der Waals surface area contributed by atoms with Gasteiger partial charge in [0.2, 0.25) is 0 Å². The van der Waals surface area contributed by atoms with Crippen LogP contribution in [-0.2, 0) is 0 Å². The van der Waals surface area contributed by atoms with Crippen LogP contribution in [-0.4, -0.2) is 21.6 Å². The molecule has 0 aliphatic heterocycles. The van der Waals surface area contributed by atoms with Crippen LogP contribution in [0.25, 0.3) is 16.7 Å². The smallest absolute Gasteiger partial charge is 0.123 e. The summed E-state index contributed by atoms with van der Waals surface area (Å²) in [7, 11) is 0. The Bertz CT molecular complexity index is 720. The fourth-order valence-corrected chi connectivity index (χ4v) is 2.04. The highest BCUT2D eigenvalue weighted by Crippen LogP contribution is 2.23. The lowest BCUT2D eigenvalue weighted by Crippen LogP contribution is -2.00. The van der Waals surface area contributed by atoms with E-state index in [1.807, 2.05) is 43.3 Å². The number of fused-ring (bicyclic) bond motifs is 1. The minimum Gasteiger partial charge on any atom is -0.494 e. The molecule has 0 unspecified atom stereocenters. The summed E-state index contributed by atoms with van der Waals surface area (Å²) in [6.45, 7) is 2.54. The SMILES string of the molecule is CCOc1cc(N)cc(-n2nnc3ccccc32)c1. The first-order chi connectivity index (χ1) is 9.28. The van der Waals surface area contributed by atoms with Gasteiger partial charge in [0.05, 0.1) is 17.8 Å². The van der Waals surface area contributed by atoms with Crippen molar-refractivity contribution in [2.24, 2.45) is 0 Å². The minimum absolute atomic E-state index is 0.598. The topological polar surface area (TPSA) is 66.0 Å². The van der Waals surface area contributed by atoms with Crippen LogP contribution in [0.4, 0.5) is 5.69 Å². The number of anilines is 1. The lowest BCUT2D eigenvalue weighted by atomic mass is 10.2. The van der Waals surface area contributed by atoms with Gasteiger partial charge in [-0.05, 0) is 25.1 Å². The highest BCUT2D eigenvalue weighted by molar-refractivity contribution is 5.76. The van der Waals surface area contributed by atoms with Crippen LogP contribution >= 0.6 is 0 Å². The van der Waals surface area contributed by atoms with E-state index in [4.69, 9.17) is 10.5 Å². The van der Waals surface area contributed by atoms with Gasteiger partial charge in [0.1, 0.15) is 11.3 Å². The first-order valence-electron chi connectivity index (χ1n) is 6.12. The van der Waals surface area contributed by atoms with Crippen LogP contribution in [0.15, 0.2) is 42.5 Å². The molecule has 2 N–H and O–H groups in total. The van der Waals surface area contributed by atoms with Crippen LogP contribution < -0.4 is 10.5 Å². The molecule has 0 aliphatic rings. The molecule has 0 fully saturated rings. The molecule has 0 saturated heterocycles. The third-order valence-electron chi connectivity index (χ3n) is 2.82. The number of hydrogen-bond donors (Lipinski definition) is 1. The molecule has 0 atom stereocenters. The fourth-order valence-electron chi connectivity index (χ4n) is 2.04. The molecule has 5 heteroatoms. The van der Waals surface area contributed by atoms with Crippen molar-refractivity contribution in [3.05, 3.63) is 42.5 Å². The number of nitrogens with two attached hydrogens (primary N) is 1. The van der Waals surface area contributed by atoms with Crippen molar-refractivity contribution in [1.82, 2.24) is 15.0 Å². The molecule has 0 aliphatic carbocycles. The quantitative estimate of drug-likeness (QED) is 0.729. The highest BCUT2D eigenvalue weighted by Gasteiger charge is 2.07. The van der Waals surface area contributed by atoms with E-state index in [2.05, 4.69) is 10.3 Å². The zero-order valence-corrected chi connectivity index (χ0v) is 10.6. The Morgan fingerprint density at radius 1 is 1.21 bits per heavy atom. The summed E-state index contributed by atoms with van der Waals surface area (Å²) >= 11 is 0. The maximum Gasteiger partial charge on any atom is 0.123 e. The molecule has 5 nitrogen and oxygen atoms in total.